The number of hydrogen-bond donors (Lipinski definition) is 2. The summed E-state index contributed by atoms with van der Waals surface area (Å²) in [4.78, 5) is 2.28. The fourth-order valence-corrected chi connectivity index (χ4v) is 1.66. The predicted molar refractivity (Wildman–Crippen MR) is 64.4 cm³/mol. The van der Waals surface area contributed by atoms with Crippen LogP contribution in [0.25, 0.3) is 0 Å². The molecule has 3 N–H and O–H groups in total. The molecule has 1 rings (SSSR count). The van der Waals surface area contributed by atoms with Crippen LogP contribution >= 0.6 is 24.8 Å². The van der Waals surface area contributed by atoms with Crippen molar-refractivity contribution in [3.63, 3.8) is 0 Å². The standard InChI is InChI=1S/C9H20N2O.2ClH/c1-9(2,12)7-11-5-3-8(10)4-6-11;;/h8,12H,3-7,10H2,1-2H3;2*1H. The lowest BCUT2D eigenvalue weighted by Gasteiger charge is -2.33. The highest BCUT2D eigenvalue weighted by atomic mass is 35.5. The summed E-state index contributed by atoms with van der Waals surface area (Å²) >= 11 is 0. The Balaban J connectivity index is 0. The molecule has 0 amide bonds. The van der Waals surface area contributed by atoms with Crippen molar-refractivity contribution < 1.29 is 5.11 Å². The van der Waals surface area contributed by atoms with E-state index in [2.05, 4.69) is 4.90 Å². The molecule has 5 heteroatoms. The molecule has 0 bridgehead atoms. The third-order valence-electron chi connectivity index (χ3n) is 2.24. The highest BCUT2D eigenvalue weighted by Crippen LogP contribution is 2.12. The fraction of sp³-hybridized carbons (Fsp3) is 1.00. The van der Waals surface area contributed by atoms with E-state index in [1.165, 1.54) is 0 Å². The van der Waals surface area contributed by atoms with Crippen LogP contribution in [-0.4, -0.2) is 41.3 Å². The summed E-state index contributed by atoms with van der Waals surface area (Å²) in [5, 5.41) is 9.56. The first kappa shape index (κ1) is 16.9. The van der Waals surface area contributed by atoms with Gasteiger partial charge < -0.3 is 15.7 Å². The van der Waals surface area contributed by atoms with Crippen LogP contribution in [-0.2, 0) is 0 Å². The second-order valence-corrected chi connectivity index (χ2v) is 4.43. The third-order valence-corrected chi connectivity index (χ3v) is 2.24. The van der Waals surface area contributed by atoms with Crippen LogP contribution in [0.3, 0.4) is 0 Å². The Morgan fingerprint density at radius 1 is 1.29 bits per heavy atom. The quantitative estimate of drug-likeness (QED) is 0.763. The van der Waals surface area contributed by atoms with Gasteiger partial charge in [0.2, 0.25) is 0 Å². The Morgan fingerprint density at radius 3 is 2.07 bits per heavy atom. The van der Waals surface area contributed by atoms with Crippen LogP contribution in [0.4, 0.5) is 0 Å². The number of nitrogens with two attached hydrogens (primary N) is 1. The van der Waals surface area contributed by atoms with Gasteiger partial charge in [0.25, 0.3) is 0 Å². The average Bonchev–Trinajstić information content (AvgIpc) is 1.91. The first-order chi connectivity index (χ1) is 5.47. The van der Waals surface area contributed by atoms with Crippen molar-refractivity contribution in [1.82, 2.24) is 4.90 Å². The molecule has 0 atom stereocenters. The topological polar surface area (TPSA) is 49.5 Å². The molecule has 0 aromatic carbocycles. The van der Waals surface area contributed by atoms with Crippen molar-refractivity contribution in [3.05, 3.63) is 0 Å². The first-order valence-electron chi connectivity index (χ1n) is 4.68. The van der Waals surface area contributed by atoms with E-state index in [4.69, 9.17) is 5.73 Å². The van der Waals surface area contributed by atoms with E-state index in [1.54, 1.807) is 0 Å². The maximum absolute atomic E-state index is 9.56. The minimum Gasteiger partial charge on any atom is -0.389 e. The predicted octanol–water partition coefficient (Wildman–Crippen LogP) is 1.02. The average molecular weight is 245 g/mol. The molecule has 1 aliphatic heterocycles. The van der Waals surface area contributed by atoms with Gasteiger partial charge in [0.15, 0.2) is 0 Å². The summed E-state index contributed by atoms with van der Waals surface area (Å²) in [7, 11) is 0. The molecule has 1 heterocycles. The summed E-state index contributed by atoms with van der Waals surface area (Å²) in [5.74, 6) is 0. The van der Waals surface area contributed by atoms with Crippen LogP contribution in [0.15, 0.2) is 0 Å². The van der Waals surface area contributed by atoms with Crippen LogP contribution in [0.2, 0.25) is 0 Å². The summed E-state index contributed by atoms with van der Waals surface area (Å²) in [6, 6.07) is 0.378. The number of aliphatic hydroxyl groups is 1. The number of nitrogens with zero attached hydrogens (tertiary/aromatic N) is 1. The van der Waals surface area contributed by atoms with Crippen molar-refractivity contribution in [3.8, 4) is 0 Å². The van der Waals surface area contributed by atoms with E-state index in [1.807, 2.05) is 13.8 Å². The van der Waals surface area contributed by atoms with Gasteiger partial charge in [-0.15, -0.1) is 24.8 Å². The molecule has 0 saturated carbocycles. The lowest BCUT2D eigenvalue weighted by molar-refractivity contribution is 0.0284. The lowest BCUT2D eigenvalue weighted by atomic mass is 10.0. The number of rotatable bonds is 2. The second-order valence-electron chi connectivity index (χ2n) is 4.43. The van der Waals surface area contributed by atoms with Gasteiger partial charge in [0, 0.05) is 12.6 Å². The largest absolute Gasteiger partial charge is 0.389 e. The molecule has 1 fully saturated rings. The summed E-state index contributed by atoms with van der Waals surface area (Å²) in [5.41, 5.74) is 5.20. The van der Waals surface area contributed by atoms with Crippen molar-refractivity contribution in [1.29, 1.82) is 0 Å². The van der Waals surface area contributed by atoms with E-state index in [-0.39, 0.29) is 24.8 Å². The normalized spacial score (nSPS) is 19.7. The van der Waals surface area contributed by atoms with Crippen molar-refractivity contribution >= 4 is 24.8 Å². The highest BCUT2D eigenvalue weighted by molar-refractivity contribution is 5.85. The van der Waals surface area contributed by atoms with Crippen LogP contribution < -0.4 is 5.73 Å². The molecule has 1 saturated heterocycles. The zero-order valence-electron chi connectivity index (χ0n) is 8.90. The van der Waals surface area contributed by atoms with E-state index in [0.29, 0.717) is 6.04 Å². The van der Waals surface area contributed by atoms with Crippen molar-refractivity contribution in [2.75, 3.05) is 19.6 Å². The zero-order chi connectivity index (χ0) is 9.19. The summed E-state index contributed by atoms with van der Waals surface area (Å²) < 4.78 is 0. The van der Waals surface area contributed by atoms with Gasteiger partial charge in [0.05, 0.1) is 5.60 Å². The van der Waals surface area contributed by atoms with Gasteiger partial charge >= 0.3 is 0 Å². The molecule has 0 unspecified atom stereocenters. The Bertz CT molecular complexity index is 142. The number of piperidine rings is 1. The molecule has 88 valence electrons. The number of hydrogen-bond acceptors (Lipinski definition) is 3. The van der Waals surface area contributed by atoms with Crippen LogP contribution in [0.1, 0.15) is 26.7 Å². The summed E-state index contributed by atoms with van der Waals surface area (Å²) in [6.45, 7) is 6.53. The molecular formula is C9H22Cl2N2O. The van der Waals surface area contributed by atoms with Crippen LogP contribution in [0, 0.1) is 0 Å². The fourth-order valence-electron chi connectivity index (χ4n) is 1.66. The molecule has 0 radical (unpaired) electrons. The molecule has 0 spiro atoms. The van der Waals surface area contributed by atoms with Gasteiger partial charge in [0.1, 0.15) is 0 Å². The van der Waals surface area contributed by atoms with Crippen molar-refractivity contribution in [2.45, 2.75) is 38.3 Å². The number of β-amino-alcohol motifs (C(OH)–C–C–N with tert-alkyl or cyclic N) is 1. The highest BCUT2D eigenvalue weighted by Gasteiger charge is 2.21. The SMILES string of the molecule is CC(C)(O)CN1CCC(N)CC1.Cl.Cl. The van der Waals surface area contributed by atoms with Gasteiger partial charge in [-0.05, 0) is 39.8 Å². The Kier molecular flexibility index (Phi) is 8.26. The maximum atomic E-state index is 9.56. The van der Waals surface area contributed by atoms with E-state index < -0.39 is 5.60 Å². The smallest absolute Gasteiger partial charge is 0.0718 e. The molecule has 0 aromatic rings. The van der Waals surface area contributed by atoms with Gasteiger partial charge in [-0.2, -0.15) is 0 Å². The molecule has 14 heavy (non-hydrogen) atoms. The molecule has 1 aliphatic rings. The number of halogens is 2. The minimum atomic E-state index is -0.568. The molecule has 0 aliphatic carbocycles. The van der Waals surface area contributed by atoms with Gasteiger partial charge in [-0.3, -0.25) is 0 Å². The van der Waals surface area contributed by atoms with Crippen molar-refractivity contribution in [2.24, 2.45) is 5.73 Å². The maximum Gasteiger partial charge on any atom is 0.0718 e. The monoisotopic (exact) mass is 244 g/mol. The lowest BCUT2D eigenvalue weighted by Crippen LogP contribution is -2.45. The van der Waals surface area contributed by atoms with E-state index in [0.717, 1.165) is 32.5 Å². The molecular weight excluding hydrogens is 223 g/mol. The second kappa shape index (κ2) is 6.85. The first-order valence-corrected chi connectivity index (χ1v) is 4.68. The Hall–Kier alpha value is 0.460. The third kappa shape index (κ3) is 6.85. The van der Waals surface area contributed by atoms with E-state index >= 15 is 0 Å². The molecule has 0 aromatic heterocycles. The van der Waals surface area contributed by atoms with Crippen LogP contribution in [0.5, 0.6) is 0 Å². The number of likely N-dealkylation sites (tertiary alicyclic amines) is 1. The summed E-state index contributed by atoms with van der Waals surface area (Å²) in [6.07, 6.45) is 2.13. The van der Waals surface area contributed by atoms with Gasteiger partial charge in [-0.1, -0.05) is 0 Å². The minimum absolute atomic E-state index is 0. The Morgan fingerprint density at radius 2 is 1.71 bits per heavy atom. The van der Waals surface area contributed by atoms with E-state index in [9.17, 15) is 5.11 Å². The molecule has 3 nitrogen and oxygen atoms in total. The zero-order valence-corrected chi connectivity index (χ0v) is 10.5. The Labute approximate surface area is 98.9 Å². The van der Waals surface area contributed by atoms with Gasteiger partial charge in [-0.25, -0.2) is 0 Å².